The van der Waals surface area contributed by atoms with Gasteiger partial charge in [0.1, 0.15) is 22.3 Å². The van der Waals surface area contributed by atoms with Gasteiger partial charge in [0, 0.05) is 43.6 Å². The number of rotatable bonds is 4. The molecule has 7 aromatic carbocycles. The molecule has 0 N–H and O–H groups in total. The first-order valence-corrected chi connectivity index (χ1v) is 15.9. The average molecular weight is 616 g/mol. The molecule has 5 nitrogen and oxygen atoms in total. The van der Waals surface area contributed by atoms with Crippen LogP contribution in [0.3, 0.4) is 0 Å². The Kier molecular flexibility index (Phi) is 5.81. The van der Waals surface area contributed by atoms with Gasteiger partial charge in [0.25, 0.3) is 0 Å². The lowest BCUT2D eigenvalue weighted by molar-refractivity contribution is 0.669. The molecule has 0 bridgehead atoms. The largest absolute Gasteiger partial charge is 0.456 e. The van der Waals surface area contributed by atoms with E-state index < -0.39 is 0 Å². The highest BCUT2D eigenvalue weighted by Gasteiger charge is 2.22. The van der Waals surface area contributed by atoms with Crippen molar-refractivity contribution in [3.63, 3.8) is 0 Å². The molecular weight excluding hydrogens is 590 g/mol. The second-order valence-electron chi connectivity index (χ2n) is 11.9. The summed E-state index contributed by atoms with van der Waals surface area (Å²) in [6, 6.07) is 51.5. The van der Waals surface area contributed by atoms with Crippen molar-refractivity contribution in [2.24, 2.45) is 0 Å². The second kappa shape index (κ2) is 10.5. The molecule has 48 heavy (non-hydrogen) atoms. The number of nitrogens with zero attached hydrogens (tertiary/aromatic N) is 3. The van der Waals surface area contributed by atoms with E-state index in [1.165, 1.54) is 0 Å². The van der Waals surface area contributed by atoms with Crippen LogP contribution in [0.1, 0.15) is 0 Å². The molecule has 0 fully saturated rings. The molecule has 0 unspecified atom stereocenters. The van der Waals surface area contributed by atoms with E-state index in [-0.39, 0.29) is 0 Å². The summed E-state index contributed by atoms with van der Waals surface area (Å²) < 4.78 is 12.9. The predicted octanol–water partition coefficient (Wildman–Crippen LogP) is 11.5. The van der Waals surface area contributed by atoms with Crippen molar-refractivity contribution in [1.82, 2.24) is 15.0 Å². The summed E-state index contributed by atoms with van der Waals surface area (Å²) in [6.45, 7) is 0. The fraction of sp³-hybridized carbons (Fsp3) is 0. The summed E-state index contributed by atoms with van der Waals surface area (Å²) in [4.78, 5) is 15.5. The lowest BCUT2D eigenvalue weighted by atomic mass is 9.96. The van der Waals surface area contributed by atoms with Gasteiger partial charge in [-0.15, -0.1) is 0 Å². The topological polar surface area (TPSA) is 65.0 Å². The van der Waals surface area contributed by atoms with Crippen LogP contribution in [0.25, 0.3) is 99.9 Å². The second-order valence-corrected chi connectivity index (χ2v) is 11.9. The van der Waals surface area contributed by atoms with Crippen LogP contribution in [0.4, 0.5) is 0 Å². The van der Waals surface area contributed by atoms with Crippen molar-refractivity contribution in [2.45, 2.75) is 0 Å². The molecule has 5 heteroatoms. The quantitative estimate of drug-likeness (QED) is 0.197. The predicted molar refractivity (Wildman–Crippen MR) is 194 cm³/mol. The number of hydrogen-bond donors (Lipinski definition) is 0. The van der Waals surface area contributed by atoms with E-state index >= 15 is 0 Å². The number of aromatic nitrogens is 3. The molecule has 0 aliphatic heterocycles. The highest BCUT2D eigenvalue weighted by atomic mass is 16.3. The molecule has 0 saturated carbocycles. The van der Waals surface area contributed by atoms with E-state index in [9.17, 15) is 0 Å². The third-order valence-electron chi connectivity index (χ3n) is 9.14. The maximum atomic E-state index is 6.62. The van der Waals surface area contributed by atoms with Gasteiger partial charge in [-0.2, -0.15) is 0 Å². The van der Waals surface area contributed by atoms with Crippen LogP contribution < -0.4 is 0 Å². The minimum atomic E-state index is 0.585. The SMILES string of the molecule is c1ccc(-c2nc(-c3cc4c(oc5cccc(-c6ccccc6)c54)c4ccccc34)nc(-c3cccc4oc5ccccc5c34)n2)cc1. The maximum Gasteiger partial charge on any atom is 0.164 e. The maximum absolute atomic E-state index is 6.62. The first-order chi connectivity index (χ1) is 23.8. The Morgan fingerprint density at radius 2 is 0.875 bits per heavy atom. The molecule has 0 saturated heterocycles. The van der Waals surface area contributed by atoms with E-state index in [0.717, 1.165) is 82.5 Å². The molecule has 0 radical (unpaired) electrons. The summed E-state index contributed by atoms with van der Waals surface area (Å²) in [6.07, 6.45) is 0. The van der Waals surface area contributed by atoms with Crippen molar-refractivity contribution >= 4 is 54.6 Å². The van der Waals surface area contributed by atoms with Crippen LogP contribution in [0, 0.1) is 0 Å². The molecule has 10 rings (SSSR count). The van der Waals surface area contributed by atoms with Gasteiger partial charge < -0.3 is 8.83 Å². The summed E-state index contributed by atoms with van der Waals surface area (Å²) in [5.74, 6) is 1.78. The molecule has 224 valence electrons. The van der Waals surface area contributed by atoms with Crippen molar-refractivity contribution < 1.29 is 8.83 Å². The van der Waals surface area contributed by atoms with Crippen LogP contribution in [-0.4, -0.2) is 15.0 Å². The zero-order chi connectivity index (χ0) is 31.6. The lowest BCUT2D eigenvalue weighted by Crippen LogP contribution is -2.01. The summed E-state index contributed by atoms with van der Waals surface area (Å²) in [5, 5.41) is 6.11. The minimum absolute atomic E-state index is 0.585. The normalized spacial score (nSPS) is 11.8. The Bertz CT molecular complexity index is 2840. The zero-order valence-electron chi connectivity index (χ0n) is 25.6. The van der Waals surface area contributed by atoms with Crippen LogP contribution in [0.15, 0.2) is 160 Å². The average Bonchev–Trinajstić information content (AvgIpc) is 3.74. The lowest BCUT2D eigenvalue weighted by Gasteiger charge is -2.11. The fourth-order valence-corrected chi connectivity index (χ4v) is 6.99. The van der Waals surface area contributed by atoms with E-state index in [4.69, 9.17) is 23.8 Å². The third kappa shape index (κ3) is 4.08. The minimum Gasteiger partial charge on any atom is -0.456 e. The summed E-state index contributed by atoms with van der Waals surface area (Å²) >= 11 is 0. The van der Waals surface area contributed by atoms with Gasteiger partial charge in [0.2, 0.25) is 0 Å². The van der Waals surface area contributed by atoms with Gasteiger partial charge in [0.15, 0.2) is 17.5 Å². The van der Waals surface area contributed by atoms with Gasteiger partial charge >= 0.3 is 0 Å². The van der Waals surface area contributed by atoms with Crippen LogP contribution >= 0.6 is 0 Å². The summed E-state index contributed by atoms with van der Waals surface area (Å²) in [7, 11) is 0. The number of benzene rings is 7. The van der Waals surface area contributed by atoms with E-state index in [0.29, 0.717) is 17.5 Å². The van der Waals surface area contributed by atoms with Gasteiger partial charge in [-0.05, 0) is 40.8 Å². The molecule has 0 aliphatic carbocycles. The third-order valence-corrected chi connectivity index (χ3v) is 9.14. The molecule has 0 atom stereocenters. The Labute approximate surface area is 274 Å². The standard InChI is InChI=1S/C43H25N3O2/c1-3-13-26(14-4-1)28-20-11-24-37-38(28)34-25-33(29-17-7-8-18-30(29)40(34)48-37)43-45-41(27-15-5-2-6-16-27)44-42(46-43)32-21-12-23-36-39(32)31-19-9-10-22-35(31)47-36/h1-25H. The van der Waals surface area contributed by atoms with Crippen LogP contribution in [0.5, 0.6) is 0 Å². The van der Waals surface area contributed by atoms with Gasteiger partial charge in [-0.1, -0.05) is 127 Å². The molecule has 0 aliphatic rings. The van der Waals surface area contributed by atoms with Gasteiger partial charge in [0.05, 0.1) is 0 Å². The Morgan fingerprint density at radius 1 is 0.333 bits per heavy atom. The first-order valence-electron chi connectivity index (χ1n) is 15.9. The van der Waals surface area contributed by atoms with E-state index in [1.807, 2.05) is 78.9 Å². The highest BCUT2D eigenvalue weighted by molar-refractivity contribution is 6.22. The number of para-hydroxylation sites is 1. The molecular formula is C43H25N3O2. The summed E-state index contributed by atoms with van der Waals surface area (Å²) in [5.41, 5.74) is 8.28. The fourth-order valence-electron chi connectivity index (χ4n) is 6.99. The Morgan fingerprint density at radius 3 is 1.65 bits per heavy atom. The molecule has 3 heterocycles. The van der Waals surface area contributed by atoms with Crippen molar-refractivity contribution in [3.8, 4) is 45.3 Å². The van der Waals surface area contributed by atoms with E-state index in [2.05, 4.69) is 72.8 Å². The first kappa shape index (κ1) is 26.6. The van der Waals surface area contributed by atoms with Gasteiger partial charge in [-0.3, -0.25) is 0 Å². The number of furan rings is 2. The molecule has 0 spiro atoms. The zero-order valence-corrected chi connectivity index (χ0v) is 25.6. The molecule has 0 amide bonds. The molecule has 3 aromatic heterocycles. The Hall–Kier alpha value is -6.59. The van der Waals surface area contributed by atoms with Crippen LogP contribution in [0.2, 0.25) is 0 Å². The number of hydrogen-bond acceptors (Lipinski definition) is 5. The smallest absolute Gasteiger partial charge is 0.164 e. The van der Waals surface area contributed by atoms with Crippen molar-refractivity contribution in [2.75, 3.05) is 0 Å². The van der Waals surface area contributed by atoms with Crippen molar-refractivity contribution in [1.29, 1.82) is 0 Å². The van der Waals surface area contributed by atoms with E-state index in [1.54, 1.807) is 0 Å². The Balaban J connectivity index is 1.30. The van der Waals surface area contributed by atoms with Crippen LogP contribution in [-0.2, 0) is 0 Å². The number of fused-ring (bicyclic) bond motifs is 8. The van der Waals surface area contributed by atoms with Crippen molar-refractivity contribution in [3.05, 3.63) is 152 Å². The molecule has 10 aromatic rings. The highest BCUT2D eigenvalue weighted by Crippen LogP contribution is 2.43. The monoisotopic (exact) mass is 615 g/mol. The van der Waals surface area contributed by atoms with Gasteiger partial charge in [-0.25, -0.2) is 15.0 Å².